The number of carboxylic acids is 1. The van der Waals surface area contributed by atoms with Crippen molar-refractivity contribution in [1.82, 2.24) is 4.90 Å². The number of rotatable bonds is 10. The Morgan fingerprint density at radius 1 is 1.14 bits per heavy atom. The third-order valence-electron chi connectivity index (χ3n) is 5.60. The van der Waals surface area contributed by atoms with Crippen molar-refractivity contribution in [2.24, 2.45) is 0 Å². The summed E-state index contributed by atoms with van der Waals surface area (Å²) in [4.78, 5) is 52.0. The number of ketones is 2. The summed E-state index contributed by atoms with van der Waals surface area (Å²) in [5, 5.41) is 28.5. The van der Waals surface area contributed by atoms with Crippen LogP contribution < -0.4 is 0 Å². The molecule has 1 aliphatic heterocycles. The molecule has 0 fully saturated rings. The fourth-order valence-corrected chi connectivity index (χ4v) is 3.99. The van der Waals surface area contributed by atoms with E-state index in [2.05, 4.69) is 0 Å². The van der Waals surface area contributed by atoms with Crippen molar-refractivity contribution < 1.29 is 39.2 Å². The maximum absolute atomic E-state index is 13.4. The van der Waals surface area contributed by atoms with Crippen molar-refractivity contribution in [2.45, 2.75) is 64.4 Å². The summed E-state index contributed by atoms with van der Waals surface area (Å²) in [6.07, 6.45) is 10.3. The van der Waals surface area contributed by atoms with Crippen LogP contribution in [0.5, 0.6) is 0 Å². The van der Waals surface area contributed by atoms with E-state index in [1.54, 1.807) is 30.4 Å². The number of allylic oxidation sites excluding steroid dienone is 8. The van der Waals surface area contributed by atoms with Crippen LogP contribution in [0.2, 0.25) is 0 Å². The predicted molar refractivity (Wildman–Crippen MR) is 133 cm³/mol. The third-order valence-corrected chi connectivity index (χ3v) is 5.97. The fourth-order valence-electron chi connectivity index (χ4n) is 3.65. The molecule has 4 atom stereocenters. The quantitative estimate of drug-likeness (QED) is 0.225. The molecule has 0 amide bonds. The fraction of sp³-hybridized carbons (Fsp3) is 0.385. The molecule has 10 heteroatoms. The molecular weight excluding hydrogens is 490 g/mol. The van der Waals surface area contributed by atoms with Crippen molar-refractivity contribution >= 4 is 35.1 Å². The number of aliphatic hydroxyl groups excluding tert-OH is 2. The van der Waals surface area contributed by atoms with E-state index in [1.807, 2.05) is 13.0 Å². The Bertz CT molecular complexity index is 1110. The monoisotopic (exact) mass is 519 g/mol. The minimum absolute atomic E-state index is 0.0836. The number of aliphatic carboxylic acids is 1. The number of hydrogen-bond donors (Lipinski definition) is 3. The third kappa shape index (κ3) is 6.48. The largest absolute Gasteiger partial charge is 0.480 e. The van der Waals surface area contributed by atoms with E-state index >= 15 is 0 Å². The van der Waals surface area contributed by atoms with Gasteiger partial charge >= 0.3 is 11.9 Å². The van der Waals surface area contributed by atoms with Gasteiger partial charge in [0.2, 0.25) is 17.2 Å². The number of esters is 1. The topological polar surface area (TPSA) is 141 Å². The number of carboxylic acid groups (broad SMARTS) is 1. The summed E-state index contributed by atoms with van der Waals surface area (Å²) < 4.78 is 5.22. The molecule has 1 aliphatic carbocycles. The number of halogens is 1. The standard InChI is InChI=1S/C26H30ClNO8/c1-5-6-7-8-9-10-17-12-19-20(14-28(17)16(3)25(34)35)23(32)26(4,24(33)22(19)27)36-21(31)13-18(30)11-15(2)29/h5-10,12,14-16,18,29-30H,11,13H2,1-4H3,(H,34,35). The first-order valence-corrected chi connectivity index (χ1v) is 11.7. The Morgan fingerprint density at radius 3 is 2.36 bits per heavy atom. The number of Topliss-reactive ketones (excluding diaryl/α,β-unsaturated/α-hetero) is 2. The summed E-state index contributed by atoms with van der Waals surface area (Å²) in [7, 11) is 0. The number of carbonyl (C=O) groups is 4. The summed E-state index contributed by atoms with van der Waals surface area (Å²) in [5.41, 5.74) is -1.94. The minimum atomic E-state index is -2.30. The number of fused-ring (bicyclic) bond motifs is 1. The van der Waals surface area contributed by atoms with Crippen molar-refractivity contribution in [3.8, 4) is 0 Å². The smallest absolute Gasteiger partial charge is 0.326 e. The zero-order valence-electron chi connectivity index (χ0n) is 20.5. The van der Waals surface area contributed by atoms with Crippen LogP contribution in [0.1, 0.15) is 40.5 Å². The van der Waals surface area contributed by atoms with E-state index in [0.29, 0.717) is 5.70 Å². The number of hydrogen-bond acceptors (Lipinski definition) is 8. The lowest BCUT2D eigenvalue weighted by Gasteiger charge is -2.37. The van der Waals surface area contributed by atoms with Crippen LogP contribution in [0, 0.1) is 0 Å². The molecule has 1 heterocycles. The highest BCUT2D eigenvalue weighted by atomic mass is 35.5. The number of ether oxygens (including phenoxy) is 1. The van der Waals surface area contributed by atoms with Crippen LogP contribution in [0.25, 0.3) is 0 Å². The van der Waals surface area contributed by atoms with E-state index in [4.69, 9.17) is 16.3 Å². The van der Waals surface area contributed by atoms with Crippen LogP contribution in [-0.4, -0.2) is 67.6 Å². The van der Waals surface area contributed by atoms with Crippen molar-refractivity contribution in [3.63, 3.8) is 0 Å². The first-order chi connectivity index (χ1) is 16.8. The van der Waals surface area contributed by atoms with Gasteiger partial charge in [0, 0.05) is 23.0 Å². The molecule has 9 nitrogen and oxygen atoms in total. The van der Waals surface area contributed by atoms with Gasteiger partial charge in [-0.05, 0) is 46.3 Å². The van der Waals surface area contributed by atoms with Gasteiger partial charge in [-0.3, -0.25) is 14.4 Å². The van der Waals surface area contributed by atoms with Crippen molar-refractivity contribution in [3.05, 3.63) is 70.6 Å². The van der Waals surface area contributed by atoms with Crippen LogP contribution in [0.3, 0.4) is 0 Å². The highest BCUT2D eigenvalue weighted by molar-refractivity contribution is 6.49. The number of nitrogens with zero attached hydrogens (tertiary/aromatic N) is 1. The molecule has 0 aromatic rings. The normalized spacial score (nSPS) is 23.1. The van der Waals surface area contributed by atoms with E-state index in [-0.39, 0.29) is 22.6 Å². The molecule has 0 radical (unpaired) electrons. The molecular formula is C26H30ClNO8. The van der Waals surface area contributed by atoms with E-state index in [1.165, 1.54) is 31.0 Å². The molecule has 0 aromatic carbocycles. The summed E-state index contributed by atoms with van der Waals surface area (Å²) in [5.74, 6) is -4.00. The lowest BCUT2D eigenvalue weighted by molar-refractivity contribution is -0.170. The maximum atomic E-state index is 13.4. The number of carbonyl (C=O) groups excluding carboxylic acids is 3. The van der Waals surface area contributed by atoms with Crippen LogP contribution in [-0.2, 0) is 23.9 Å². The zero-order chi connectivity index (χ0) is 27.2. The van der Waals surface area contributed by atoms with E-state index in [0.717, 1.165) is 6.92 Å². The summed E-state index contributed by atoms with van der Waals surface area (Å²) in [6, 6.07) is -1.08. The second-order valence-corrected chi connectivity index (χ2v) is 9.02. The Morgan fingerprint density at radius 2 is 1.78 bits per heavy atom. The molecule has 36 heavy (non-hydrogen) atoms. The second kappa shape index (κ2) is 12.1. The van der Waals surface area contributed by atoms with E-state index < -0.39 is 53.8 Å². The minimum Gasteiger partial charge on any atom is -0.480 e. The molecule has 3 N–H and O–H groups in total. The maximum Gasteiger partial charge on any atom is 0.326 e. The molecule has 0 bridgehead atoms. The molecule has 0 saturated heterocycles. The first kappa shape index (κ1) is 29.0. The van der Waals surface area contributed by atoms with E-state index in [9.17, 15) is 34.5 Å². The van der Waals surface area contributed by atoms with Crippen molar-refractivity contribution in [1.29, 1.82) is 0 Å². The van der Waals surface area contributed by atoms with Crippen LogP contribution in [0.15, 0.2) is 70.6 Å². The van der Waals surface area contributed by atoms with Gasteiger partial charge in [0.1, 0.15) is 6.04 Å². The van der Waals surface area contributed by atoms with Gasteiger partial charge < -0.3 is 25.0 Å². The lowest BCUT2D eigenvalue weighted by atomic mass is 9.79. The number of aliphatic hydroxyl groups is 2. The second-order valence-electron chi connectivity index (χ2n) is 8.64. The Kier molecular flexibility index (Phi) is 9.75. The van der Waals surface area contributed by atoms with Crippen LogP contribution >= 0.6 is 11.6 Å². The van der Waals surface area contributed by atoms with Gasteiger partial charge in [0.05, 0.1) is 23.7 Å². The molecule has 194 valence electrons. The highest BCUT2D eigenvalue weighted by Gasteiger charge is 2.53. The first-order valence-electron chi connectivity index (χ1n) is 11.3. The summed E-state index contributed by atoms with van der Waals surface area (Å²) in [6.45, 7) is 5.82. The van der Waals surface area contributed by atoms with Gasteiger partial charge in [-0.2, -0.15) is 0 Å². The Hall–Kier alpha value is -3.27. The van der Waals surface area contributed by atoms with Gasteiger partial charge in [0.15, 0.2) is 0 Å². The van der Waals surface area contributed by atoms with Gasteiger partial charge in [-0.25, -0.2) is 4.79 Å². The van der Waals surface area contributed by atoms with Gasteiger partial charge in [-0.1, -0.05) is 42.0 Å². The van der Waals surface area contributed by atoms with Gasteiger partial charge in [0.25, 0.3) is 0 Å². The molecule has 2 aliphatic rings. The van der Waals surface area contributed by atoms with Gasteiger partial charge in [-0.15, -0.1) is 0 Å². The lowest BCUT2D eigenvalue weighted by Crippen LogP contribution is -2.52. The molecule has 4 unspecified atom stereocenters. The summed E-state index contributed by atoms with van der Waals surface area (Å²) >= 11 is 6.34. The Labute approximate surface area is 214 Å². The van der Waals surface area contributed by atoms with Crippen LogP contribution in [0.4, 0.5) is 0 Å². The Balaban J connectivity index is 2.48. The highest BCUT2D eigenvalue weighted by Crippen LogP contribution is 2.40. The predicted octanol–water partition coefficient (Wildman–Crippen LogP) is 2.70. The molecule has 2 rings (SSSR count). The molecule has 0 aromatic heterocycles. The van der Waals surface area contributed by atoms with Crippen molar-refractivity contribution in [2.75, 3.05) is 0 Å². The average Bonchev–Trinajstić information content (AvgIpc) is 2.79. The average molecular weight is 520 g/mol. The zero-order valence-corrected chi connectivity index (χ0v) is 21.2. The SMILES string of the molecule is CC=CC=CC=CC1=CC2=C(Cl)C(=O)C(C)(OC(=O)CC(O)CC(C)O)C(=O)C2=CN1C(C)C(=O)O. The molecule has 0 saturated carbocycles. The molecule has 0 spiro atoms.